The van der Waals surface area contributed by atoms with E-state index in [0.717, 1.165) is 0 Å². The predicted octanol–water partition coefficient (Wildman–Crippen LogP) is 3.64. The van der Waals surface area contributed by atoms with Crippen molar-refractivity contribution in [2.24, 2.45) is 11.8 Å². The van der Waals surface area contributed by atoms with Crippen molar-refractivity contribution in [3.05, 3.63) is 52.9 Å². The van der Waals surface area contributed by atoms with Gasteiger partial charge in [-0.3, -0.25) is 0 Å². The minimum Gasteiger partial charge on any atom is -0.491 e. The Bertz CT molecular complexity index is 961. The van der Waals surface area contributed by atoms with E-state index in [2.05, 4.69) is 11.7 Å². The van der Waals surface area contributed by atoms with Crippen LogP contribution in [0.5, 0.6) is 5.75 Å². The molecule has 0 spiro atoms. The van der Waals surface area contributed by atoms with E-state index < -0.39 is 15.7 Å². The third-order valence-corrected chi connectivity index (χ3v) is 6.29. The lowest BCUT2D eigenvalue weighted by Gasteiger charge is -2.32. The summed E-state index contributed by atoms with van der Waals surface area (Å²) in [7, 11) is -3.32. The number of ether oxygens (including phenoxy) is 2. The Hall–Kier alpha value is -1.90. The van der Waals surface area contributed by atoms with Crippen LogP contribution in [0.2, 0.25) is 5.02 Å². The maximum atomic E-state index is 14.4. The fourth-order valence-corrected chi connectivity index (χ4v) is 4.29. The molecule has 3 rings (SSSR count). The molecule has 1 aromatic heterocycles. The lowest BCUT2D eigenvalue weighted by atomic mass is 9.86. The van der Waals surface area contributed by atoms with E-state index in [1.165, 1.54) is 29.3 Å². The van der Waals surface area contributed by atoms with Crippen LogP contribution in [-0.4, -0.2) is 44.3 Å². The summed E-state index contributed by atoms with van der Waals surface area (Å²) in [5.74, 6) is -0.605. The van der Waals surface area contributed by atoms with Crippen molar-refractivity contribution in [2.75, 3.05) is 26.1 Å². The molecule has 0 amide bonds. The molecule has 0 bridgehead atoms. The Morgan fingerprint density at radius 3 is 2.93 bits per heavy atom. The minimum absolute atomic E-state index is 0.0375. The standard InChI is InChI=1S/C19H22ClFN2O4S/c1-13(28(2,24)25)17-6-7-26-12-14(17)5-8-27-19-4-3-16(9-18(19)21)23-11-15(20)10-22-23/h3-4,9-11,14,17H,1,5-8,12H2,2H3. The second-order valence-corrected chi connectivity index (χ2v) is 9.33. The molecule has 1 aliphatic heterocycles. The molecular formula is C19H22ClFN2O4S. The summed E-state index contributed by atoms with van der Waals surface area (Å²) in [5, 5.41) is 4.49. The normalized spacial score (nSPS) is 20.1. The zero-order chi connectivity index (χ0) is 20.3. The first-order valence-corrected chi connectivity index (χ1v) is 11.1. The van der Waals surface area contributed by atoms with Crippen LogP contribution >= 0.6 is 11.6 Å². The lowest BCUT2D eigenvalue weighted by molar-refractivity contribution is 0.0214. The number of aromatic nitrogens is 2. The highest BCUT2D eigenvalue weighted by atomic mass is 35.5. The highest BCUT2D eigenvalue weighted by Crippen LogP contribution is 2.33. The number of allylic oxidation sites excluding steroid dienone is 1. The molecule has 2 heterocycles. The van der Waals surface area contributed by atoms with E-state index in [1.807, 2.05) is 0 Å². The van der Waals surface area contributed by atoms with Gasteiger partial charge in [0.2, 0.25) is 0 Å². The Morgan fingerprint density at radius 1 is 1.50 bits per heavy atom. The van der Waals surface area contributed by atoms with Crippen molar-refractivity contribution in [2.45, 2.75) is 12.8 Å². The van der Waals surface area contributed by atoms with Gasteiger partial charge in [0.05, 0.1) is 30.1 Å². The van der Waals surface area contributed by atoms with Gasteiger partial charge < -0.3 is 9.47 Å². The fraction of sp³-hybridized carbons (Fsp3) is 0.421. The highest BCUT2D eigenvalue weighted by molar-refractivity contribution is 7.94. The van der Waals surface area contributed by atoms with Crippen molar-refractivity contribution in [1.29, 1.82) is 0 Å². The fourth-order valence-electron chi connectivity index (χ4n) is 3.29. The Kier molecular flexibility index (Phi) is 6.42. The maximum absolute atomic E-state index is 14.4. The zero-order valence-electron chi connectivity index (χ0n) is 15.5. The van der Waals surface area contributed by atoms with Gasteiger partial charge in [0.15, 0.2) is 21.4 Å². The summed E-state index contributed by atoms with van der Waals surface area (Å²) < 4.78 is 50.5. The zero-order valence-corrected chi connectivity index (χ0v) is 17.0. The predicted molar refractivity (Wildman–Crippen MR) is 105 cm³/mol. The third-order valence-electron chi connectivity index (χ3n) is 4.84. The maximum Gasteiger partial charge on any atom is 0.171 e. The molecule has 1 fully saturated rings. The van der Waals surface area contributed by atoms with Crippen LogP contribution < -0.4 is 4.74 Å². The third kappa shape index (κ3) is 4.92. The first-order valence-electron chi connectivity index (χ1n) is 8.85. The Balaban J connectivity index is 1.61. The SMILES string of the molecule is C=C(C1CCOCC1CCOc1ccc(-n2cc(Cl)cn2)cc1F)S(C)(=O)=O. The van der Waals surface area contributed by atoms with Crippen LogP contribution in [0.1, 0.15) is 12.8 Å². The van der Waals surface area contributed by atoms with Crippen LogP contribution in [0, 0.1) is 17.7 Å². The minimum atomic E-state index is -3.32. The Labute approximate surface area is 168 Å². The largest absolute Gasteiger partial charge is 0.491 e. The van der Waals surface area contributed by atoms with Crippen LogP contribution in [0.15, 0.2) is 42.1 Å². The number of hydrogen-bond donors (Lipinski definition) is 0. The molecule has 2 atom stereocenters. The molecule has 0 aliphatic carbocycles. The number of nitrogens with zero attached hydrogens (tertiary/aromatic N) is 2. The van der Waals surface area contributed by atoms with Crippen LogP contribution in [-0.2, 0) is 14.6 Å². The first-order chi connectivity index (χ1) is 13.3. The van der Waals surface area contributed by atoms with Gasteiger partial charge >= 0.3 is 0 Å². The molecule has 0 saturated carbocycles. The molecule has 6 nitrogen and oxygen atoms in total. The lowest BCUT2D eigenvalue weighted by Crippen LogP contribution is -2.31. The molecule has 1 aromatic carbocycles. The molecule has 1 aliphatic rings. The van der Waals surface area contributed by atoms with E-state index in [1.54, 1.807) is 12.3 Å². The quantitative estimate of drug-likeness (QED) is 0.673. The van der Waals surface area contributed by atoms with Gasteiger partial charge in [0.1, 0.15) is 0 Å². The Morgan fingerprint density at radius 2 is 2.29 bits per heavy atom. The summed E-state index contributed by atoms with van der Waals surface area (Å²) in [5.41, 5.74) is 0.530. The van der Waals surface area contributed by atoms with Crippen LogP contribution in [0.3, 0.4) is 0 Å². The molecule has 9 heteroatoms. The van der Waals surface area contributed by atoms with Gasteiger partial charge in [-0.1, -0.05) is 18.2 Å². The summed E-state index contributed by atoms with van der Waals surface area (Å²) in [6, 6.07) is 4.53. The van der Waals surface area contributed by atoms with Crippen molar-refractivity contribution in [1.82, 2.24) is 9.78 Å². The smallest absolute Gasteiger partial charge is 0.171 e. The van der Waals surface area contributed by atoms with Crippen molar-refractivity contribution >= 4 is 21.4 Å². The van der Waals surface area contributed by atoms with E-state index in [4.69, 9.17) is 21.1 Å². The van der Waals surface area contributed by atoms with E-state index >= 15 is 0 Å². The number of halogens is 2. The molecule has 2 aromatic rings. The highest BCUT2D eigenvalue weighted by Gasteiger charge is 2.31. The van der Waals surface area contributed by atoms with Gasteiger partial charge in [0, 0.05) is 35.9 Å². The topological polar surface area (TPSA) is 70.4 Å². The number of benzene rings is 1. The number of sulfone groups is 1. The second kappa shape index (κ2) is 8.63. The van der Waals surface area contributed by atoms with Crippen molar-refractivity contribution in [3.8, 4) is 11.4 Å². The summed E-state index contributed by atoms with van der Waals surface area (Å²) >= 11 is 5.83. The second-order valence-electron chi connectivity index (χ2n) is 6.82. The number of hydrogen-bond acceptors (Lipinski definition) is 5. The van der Waals surface area contributed by atoms with Gasteiger partial charge in [0.25, 0.3) is 0 Å². The average Bonchev–Trinajstić information content (AvgIpc) is 3.08. The summed E-state index contributed by atoms with van der Waals surface area (Å²) in [6.07, 6.45) is 5.36. The van der Waals surface area contributed by atoms with Gasteiger partial charge in [-0.25, -0.2) is 17.5 Å². The number of rotatable bonds is 7. The van der Waals surface area contributed by atoms with E-state index in [-0.39, 0.29) is 29.1 Å². The molecule has 2 unspecified atom stereocenters. The van der Waals surface area contributed by atoms with Gasteiger partial charge in [-0.15, -0.1) is 0 Å². The first kappa shape index (κ1) is 20.8. The van der Waals surface area contributed by atoms with Gasteiger partial charge in [-0.05, 0) is 30.9 Å². The molecule has 0 radical (unpaired) electrons. The van der Waals surface area contributed by atoms with E-state index in [9.17, 15) is 12.8 Å². The molecule has 28 heavy (non-hydrogen) atoms. The molecular weight excluding hydrogens is 407 g/mol. The molecule has 1 saturated heterocycles. The van der Waals surface area contributed by atoms with Crippen LogP contribution in [0.25, 0.3) is 5.69 Å². The monoisotopic (exact) mass is 428 g/mol. The molecule has 0 N–H and O–H groups in total. The summed E-state index contributed by atoms with van der Waals surface area (Å²) in [6.45, 7) is 4.94. The van der Waals surface area contributed by atoms with Crippen molar-refractivity contribution in [3.63, 3.8) is 0 Å². The average molecular weight is 429 g/mol. The van der Waals surface area contributed by atoms with Crippen molar-refractivity contribution < 1.29 is 22.3 Å². The van der Waals surface area contributed by atoms with E-state index in [0.29, 0.717) is 36.8 Å². The molecule has 152 valence electrons. The van der Waals surface area contributed by atoms with Gasteiger partial charge in [-0.2, -0.15) is 5.10 Å². The van der Waals surface area contributed by atoms with Crippen LogP contribution in [0.4, 0.5) is 4.39 Å². The summed E-state index contributed by atoms with van der Waals surface area (Å²) in [4.78, 5) is 0.231.